The van der Waals surface area contributed by atoms with Gasteiger partial charge in [-0.05, 0) is 18.9 Å². The Balaban J connectivity index is 2.03. The Bertz CT molecular complexity index is 447. The van der Waals surface area contributed by atoms with Crippen LogP contribution in [0.5, 0.6) is 0 Å². The van der Waals surface area contributed by atoms with Gasteiger partial charge < -0.3 is 15.0 Å². The maximum absolute atomic E-state index is 12.1. The molecule has 0 saturated carbocycles. The van der Waals surface area contributed by atoms with Crippen LogP contribution in [-0.2, 0) is 11.2 Å². The first-order valence-corrected chi connectivity index (χ1v) is 7.02. The molecule has 4 nitrogen and oxygen atoms in total. The molecule has 20 heavy (non-hydrogen) atoms. The molecule has 108 valence electrons. The van der Waals surface area contributed by atoms with Crippen molar-refractivity contribution in [2.45, 2.75) is 25.4 Å². The molecule has 0 radical (unpaired) electrons. The number of piperazine rings is 1. The van der Waals surface area contributed by atoms with Crippen molar-refractivity contribution in [3.8, 4) is 0 Å². The highest BCUT2D eigenvalue weighted by Gasteiger charge is 2.30. The lowest BCUT2D eigenvalue weighted by Gasteiger charge is -2.38. The molecule has 0 aliphatic carbocycles. The van der Waals surface area contributed by atoms with Crippen molar-refractivity contribution in [2.24, 2.45) is 0 Å². The molecule has 2 unspecified atom stereocenters. The minimum Gasteiger partial charge on any atom is -0.445 e. The van der Waals surface area contributed by atoms with E-state index in [-0.39, 0.29) is 18.7 Å². The van der Waals surface area contributed by atoms with Crippen LogP contribution in [0.2, 0.25) is 0 Å². The molecule has 1 aromatic rings. The smallest absolute Gasteiger partial charge is 0.410 e. The van der Waals surface area contributed by atoms with Crippen molar-refractivity contribution in [3.63, 3.8) is 0 Å². The Morgan fingerprint density at radius 3 is 2.95 bits per heavy atom. The fourth-order valence-electron chi connectivity index (χ4n) is 2.46. The lowest BCUT2D eigenvalue weighted by molar-refractivity contribution is 0.0767. The van der Waals surface area contributed by atoms with Crippen LogP contribution in [0, 0.1) is 0 Å². The number of benzene rings is 1. The predicted molar refractivity (Wildman–Crippen MR) is 79.6 cm³/mol. The van der Waals surface area contributed by atoms with E-state index in [0.717, 1.165) is 13.0 Å². The molecule has 0 bridgehead atoms. The van der Waals surface area contributed by atoms with Crippen molar-refractivity contribution < 1.29 is 9.53 Å². The number of rotatable bonds is 4. The number of hydrogen-bond donors (Lipinski definition) is 1. The van der Waals surface area contributed by atoms with Gasteiger partial charge in [-0.2, -0.15) is 0 Å². The van der Waals surface area contributed by atoms with E-state index in [1.165, 1.54) is 5.56 Å². The standard InChI is InChI=1S/C16H22N2O2/c1-3-9-20-16(19)18-12-13(2)17-11-15(18)10-14-7-5-4-6-8-14/h3-8,13,15,17H,1,9-12H2,2H3. The van der Waals surface area contributed by atoms with Gasteiger partial charge in [0.05, 0.1) is 6.04 Å². The number of carbonyl (C=O) groups excluding carboxylic acids is 1. The Hall–Kier alpha value is -1.81. The molecule has 2 rings (SSSR count). The van der Waals surface area contributed by atoms with Gasteiger partial charge >= 0.3 is 6.09 Å². The van der Waals surface area contributed by atoms with Crippen LogP contribution in [0.4, 0.5) is 4.79 Å². The quantitative estimate of drug-likeness (QED) is 0.856. The van der Waals surface area contributed by atoms with Crippen LogP contribution < -0.4 is 5.32 Å². The van der Waals surface area contributed by atoms with Gasteiger partial charge in [-0.3, -0.25) is 0 Å². The minimum absolute atomic E-state index is 0.130. The fourth-order valence-corrected chi connectivity index (χ4v) is 2.46. The molecule has 2 atom stereocenters. The van der Waals surface area contributed by atoms with Gasteiger partial charge in [0, 0.05) is 19.1 Å². The van der Waals surface area contributed by atoms with E-state index in [2.05, 4.69) is 31.0 Å². The summed E-state index contributed by atoms with van der Waals surface area (Å²) in [5.41, 5.74) is 1.23. The normalized spacial score (nSPS) is 22.4. The highest BCUT2D eigenvalue weighted by atomic mass is 16.6. The molecule has 0 spiro atoms. The monoisotopic (exact) mass is 274 g/mol. The minimum atomic E-state index is -0.251. The Morgan fingerprint density at radius 1 is 1.50 bits per heavy atom. The SMILES string of the molecule is C=CCOC(=O)N1CC(C)NCC1Cc1ccccc1. The van der Waals surface area contributed by atoms with E-state index in [4.69, 9.17) is 4.74 Å². The fraction of sp³-hybridized carbons (Fsp3) is 0.438. The summed E-state index contributed by atoms with van der Waals surface area (Å²) in [5, 5.41) is 3.42. The van der Waals surface area contributed by atoms with E-state index >= 15 is 0 Å². The summed E-state index contributed by atoms with van der Waals surface area (Å²) < 4.78 is 5.19. The lowest BCUT2D eigenvalue weighted by Crippen LogP contribution is -2.58. The van der Waals surface area contributed by atoms with Crippen LogP contribution in [-0.4, -0.2) is 42.8 Å². The lowest BCUT2D eigenvalue weighted by atomic mass is 10.0. The first kappa shape index (κ1) is 14.6. The summed E-state index contributed by atoms with van der Waals surface area (Å²) in [7, 11) is 0. The average Bonchev–Trinajstić information content (AvgIpc) is 2.47. The Morgan fingerprint density at radius 2 is 2.25 bits per heavy atom. The molecule has 0 aromatic heterocycles. The molecule has 4 heteroatoms. The summed E-state index contributed by atoms with van der Waals surface area (Å²) in [6.07, 6.45) is 2.18. The van der Waals surface area contributed by atoms with Gasteiger partial charge in [0.2, 0.25) is 0 Å². The van der Waals surface area contributed by atoms with Crippen molar-refractivity contribution in [3.05, 3.63) is 48.6 Å². The third-order valence-electron chi connectivity index (χ3n) is 3.49. The molecular formula is C16H22N2O2. The number of nitrogens with zero attached hydrogens (tertiary/aromatic N) is 1. The van der Waals surface area contributed by atoms with Gasteiger partial charge in [-0.25, -0.2) is 4.79 Å². The van der Waals surface area contributed by atoms with Gasteiger partial charge in [-0.1, -0.05) is 43.0 Å². The van der Waals surface area contributed by atoms with E-state index in [0.29, 0.717) is 12.6 Å². The molecular weight excluding hydrogens is 252 g/mol. The highest BCUT2D eigenvalue weighted by Crippen LogP contribution is 2.14. The van der Waals surface area contributed by atoms with E-state index < -0.39 is 0 Å². The summed E-state index contributed by atoms with van der Waals surface area (Å²) in [5.74, 6) is 0. The topological polar surface area (TPSA) is 41.6 Å². The number of ether oxygens (including phenoxy) is 1. The first-order chi connectivity index (χ1) is 9.70. The second kappa shape index (κ2) is 7.10. The third-order valence-corrected chi connectivity index (χ3v) is 3.49. The summed E-state index contributed by atoms with van der Waals surface area (Å²) >= 11 is 0. The largest absolute Gasteiger partial charge is 0.445 e. The molecule has 1 heterocycles. The number of amides is 1. The summed E-state index contributed by atoms with van der Waals surface area (Å²) in [4.78, 5) is 14.0. The highest BCUT2D eigenvalue weighted by molar-refractivity contribution is 5.68. The Kier molecular flexibility index (Phi) is 5.18. The molecule has 1 aromatic carbocycles. The second-order valence-corrected chi connectivity index (χ2v) is 5.17. The zero-order valence-corrected chi connectivity index (χ0v) is 11.9. The third kappa shape index (κ3) is 3.84. The van der Waals surface area contributed by atoms with Gasteiger partial charge in [0.15, 0.2) is 0 Å². The van der Waals surface area contributed by atoms with Gasteiger partial charge in [-0.15, -0.1) is 0 Å². The van der Waals surface area contributed by atoms with Crippen molar-refractivity contribution >= 4 is 6.09 Å². The summed E-state index contributed by atoms with van der Waals surface area (Å²) in [6, 6.07) is 10.6. The molecule has 1 saturated heterocycles. The van der Waals surface area contributed by atoms with Crippen LogP contribution in [0.25, 0.3) is 0 Å². The van der Waals surface area contributed by atoms with E-state index in [1.54, 1.807) is 6.08 Å². The number of nitrogens with one attached hydrogen (secondary N) is 1. The van der Waals surface area contributed by atoms with Crippen molar-refractivity contribution in [1.82, 2.24) is 10.2 Å². The maximum Gasteiger partial charge on any atom is 0.410 e. The summed E-state index contributed by atoms with van der Waals surface area (Å²) in [6.45, 7) is 7.37. The van der Waals surface area contributed by atoms with E-state index in [1.807, 2.05) is 23.1 Å². The number of hydrogen-bond acceptors (Lipinski definition) is 3. The molecule has 1 fully saturated rings. The van der Waals surface area contributed by atoms with Crippen molar-refractivity contribution in [1.29, 1.82) is 0 Å². The van der Waals surface area contributed by atoms with Crippen LogP contribution >= 0.6 is 0 Å². The van der Waals surface area contributed by atoms with Gasteiger partial charge in [0.25, 0.3) is 0 Å². The zero-order chi connectivity index (χ0) is 14.4. The maximum atomic E-state index is 12.1. The van der Waals surface area contributed by atoms with E-state index in [9.17, 15) is 4.79 Å². The molecule has 1 amide bonds. The zero-order valence-electron chi connectivity index (χ0n) is 11.9. The first-order valence-electron chi connectivity index (χ1n) is 7.02. The number of carbonyl (C=O) groups is 1. The van der Waals surface area contributed by atoms with Crippen LogP contribution in [0.15, 0.2) is 43.0 Å². The molecule has 1 N–H and O–H groups in total. The van der Waals surface area contributed by atoms with Crippen molar-refractivity contribution in [2.75, 3.05) is 19.7 Å². The van der Waals surface area contributed by atoms with Crippen LogP contribution in [0.1, 0.15) is 12.5 Å². The molecule has 1 aliphatic rings. The second-order valence-electron chi connectivity index (χ2n) is 5.17. The van der Waals surface area contributed by atoms with Crippen LogP contribution in [0.3, 0.4) is 0 Å². The van der Waals surface area contributed by atoms with Gasteiger partial charge in [0.1, 0.15) is 6.61 Å². The average molecular weight is 274 g/mol. The Labute approximate surface area is 120 Å². The molecule has 1 aliphatic heterocycles. The predicted octanol–water partition coefficient (Wildman–Crippen LogP) is 2.21.